The minimum absolute atomic E-state index is 0.000638. The maximum Gasteiger partial charge on any atom is 0.327 e. The van der Waals surface area contributed by atoms with Crippen molar-refractivity contribution in [2.24, 2.45) is 0 Å². The summed E-state index contributed by atoms with van der Waals surface area (Å²) in [6, 6.07) is 10.1. The smallest absolute Gasteiger partial charge is 0.327 e. The van der Waals surface area contributed by atoms with E-state index in [1.807, 2.05) is 18.2 Å². The van der Waals surface area contributed by atoms with E-state index in [4.69, 9.17) is 5.73 Å². The summed E-state index contributed by atoms with van der Waals surface area (Å²) in [6.45, 7) is 0.623. The van der Waals surface area contributed by atoms with Crippen LogP contribution in [0.15, 0.2) is 39.9 Å². The Kier molecular flexibility index (Phi) is 4.02. The molecule has 0 atom stereocenters. The molecule has 6 heteroatoms. The third kappa shape index (κ3) is 3.48. The van der Waals surface area contributed by atoms with Crippen LogP contribution >= 0.6 is 0 Å². The first kappa shape index (κ1) is 12.9. The number of H-pyrrole nitrogens is 2. The van der Waals surface area contributed by atoms with E-state index in [0.717, 1.165) is 12.8 Å². The van der Waals surface area contributed by atoms with Crippen LogP contribution in [0.5, 0.6) is 0 Å². The van der Waals surface area contributed by atoms with Crippen molar-refractivity contribution in [2.45, 2.75) is 12.8 Å². The van der Waals surface area contributed by atoms with Gasteiger partial charge < -0.3 is 11.1 Å². The standard InChI is InChI=1S/C13H16N4O2/c14-10-11(16-13(19)17-12(10)18)15-8-4-7-9-5-2-1-3-6-9/h1-3,5-6H,4,7-8,14H2,(H3,15,16,17,18,19). The predicted molar refractivity (Wildman–Crippen MR) is 75.3 cm³/mol. The summed E-state index contributed by atoms with van der Waals surface area (Å²) in [4.78, 5) is 26.9. The number of aryl methyl sites for hydroxylation is 1. The number of nitrogen functional groups attached to an aromatic ring is 1. The van der Waals surface area contributed by atoms with Crippen molar-refractivity contribution in [3.63, 3.8) is 0 Å². The summed E-state index contributed by atoms with van der Waals surface area (Å²) >= 11 is 0. The van der Waals surface area contributed by atoms with Crippen molar-refractivity contribution in [3.05, 3.63) is 56.7 Å². The molecule has 19 heavy (non-hydrogen) atoms. The number of aromatic nitrogens is 2. The second-order valence-corrected chi connectivity index (χ2v) is 4.21. The molecular weight excluding hydrogens is 244 g/mol. The van der Waals surface area contributed by atoms with Crippen LogP contribution in [0, 0.1) is 0 Å². The Balaban J connectivity index is 1.90. The molecule has 5 N–H and O–H groups in total. The predicted octanol–water partition coefficient (Wildman–Crippen LogP) is 0.690. The highest BCUT2D eigenvalue weighted by molar-refractivity contribution is 5.58. The highest BCUT2D eigenvalue weighted by atomic mass is 16.2. The van der Waals surface area contributed by atoms with E-state index in [-0.39, 0.29) is 11.5 Å². The van der Waals surface area contributed by atoms with Crippen LogP contribution in [-0.2, 0) is 6.42 Å². The van der Waals surface area contributed by atoms with Gasteiger partial charge in [-0.05, 0) is 18.4 Å². The normalized spacial score (nSPS) is 10.3. The molecular formula is C13H16N4O2. The molecule has 0 aliphatic carbocycles. The fourth-order valence-electron chi connectivity index (χ4n) is 1.79. The van der Waals surface area contributed by atoms with E-state index < -0.39 is 11.2 Å². The number of benzene rings is 1. The van der Waals surface area contributed by atoms with Crippen LogP contribution in [-0.4, -0.2) is 16.5 Å². The van der Waals surface area contributed by atoms with Crippen molar-refractivity contribution < 1.29 is 0 Å². The Labute approximate surface area is 109 Å². The topological polar surface area (TPSA) is 104 Å². The molecule has 100 valence electrons. The number of aromatic amines is 2. The molecule has 1 aromatic carbocycles. The third-order valence-corrected chi connectivity index (χ3v) is 2.77. The number of hydrogen-bond donors (Lipinski definition) is 4. The van der Waals surface area contributed by atoms with Gasteiger partial charge in [-0.1, -0.05) is 30.3 Å². The van der Waals surface area contributed by atoms with Gasteiger partial charge in [-0.3, -0.25) is 14.8 Å². The summed E-state index contributed by atoms with van der Waals surface area (Å²) < 4.78 is 0. The molecule has 1 aromatic heterocycles. The molecule has 0 radical (unpaired) electrons. The summed E-state index contributed by atoms with van der Waals surface area (Å²) in [5, 5.41) is 2.96. The fraction of sp³-hybridized carbons (Fsp3) is 0.231. The van der Waals surface area contributed by atoms with E-state index in [0.29, 0.717) is 6.54 Å². The number of nitrogens with two attached hydrogens (primary N) is 1. The third-order valence-electron chi connectivity index (χ3n) is 2.77. The first-order chi connectivity index (χ1) is 9.16. The summed E-state index contributed by atoms with van der Waals surface area (Å²) in [6.07, 6.45) is 1.79. The second kappa shape index (κ2) is 5.90. The van der Waals surface area contributed by atoms with Crippen LogP contribution < -0.4 is 22.3 Å². The van der Waals surface area contributed by atoms with Gasteiger partial charge in [-0.2, -0.15) is 0 Å². The van der Waals surface area contributed by atoms with Gasteiger partial charge in [0, 0.05) is 6.54 Å². The maximum atomic E-state index is 11.3. The highest BCUT2D eigenvalue weighted by Gasteiger charge is 2.04. The van der Waals surface area contributed by atoms with Gasteiger partial charge in [-0.15, -0.1) is 0 Å². The zero-order valence-corrected chi connectivity index (χ0v) is 10.4. The molecule has 2 rings (SSSR count). The monoisotopic (exact) mass is 260 g/mol. The molecule has 0 amide bonds. The van der Waals surface area contributed by atoms with Crippen molar-refractivity contribution >= 4 is 11.5 Å². The lowest BCUT2D eigenvalue weighted by molar-refractivity contribution is 0.855. The molecule has 0 saturated heterocycles. The van der Waals surface area contributed by atoms with Crippen LogP contribution in [0.2, 0.25) is 0 Å². The van der Waals surface area contributed by atoms with E-state index >= 15 is 0 Å². The first-order valence-electron chi connectivity index (χ1n) is 6.06. The minimum atomic E-state index is -0.575. The Morgan fingerprint density at radius 2 is 1.84 bits per heavy atom. The number of hydrogen-bond acceptors (Lipinski definition) is 4. The second-order valence-electron chi connectivity index (χ2n) is 4.21. The molecule has 6 nitrogen and oxygen atoms in total. The van der Waals surface area contributed by atoms with E-state index in [1.165, 1.54) is 5.56 Å². The lowest BCUT2D eigenvalue weighted by Crippen LogP contribution is -2.27. The Hall–Kier alpha value is -2.50. The van der Waals surface area contributed by atoms with Gasteiger partial charge >= 0.3 is 5.69 Å². The van der Waals surface area contributed by atoms with Gasteiger partial charge in [0.05, 0.1) is 0 Å². The van der Waals surface area contributed by atoms with E-state index in [2.05, 4.69) is 27.4 Å². The molecule has 0 bridgehead atoms. The lowest BCUT2D eigenvalue weighted by atomic mass is 10.1. The molecule has 0 aliphatic heterocycles. The molecule has 0 unspecified atom stereocenters. The number of anilines is 2. The average molecular weight is 260 g/mol. The zero-order valence-electron chi connectivity index (χ0n) is 10.4. The van der Waals surface area contributed by atoms with E-state index in [1.54, 1.807) is 0 Å². The molecule has 0 fully saturated rings. The molecule has 0 saturated carbocycles. The van der Waals surface area contributed by atoms with Crippen molar-refractivity contribution in [3.8, 4) is 0 Å². The van der Waals surface area contributed by atoms with Crippen molar-refractivity contribution in [2.75, 3.05) is 17.6 Å². The maximum absolute atomic E-state index is 11.3. The van der Waals surface area contributed by atoms with Crippen LogP contribution in [0.3, 0.4) is 0 Å². The number of nitrogens with one attached hydrogen (secondary N) is 3. The van der Waals surface area contributed by atoms with Crippen molar-refractivity contribution in [1.29, 1.82) is 0 Å². The van der Waals surface area contributed by atoms with Gasteiger partial charge in [0.15, 0.2) is 0 Å². The highest BCUT2D eigenvalue weighted by Crippen LogP contribution is 2.07. The SMILES string of the molecule is Nc1c(NCCCc2ccccc2)[nH]c(=O)[nH]c1=O. The molecule has 0 aliphatic rings. The van der Waals surface area contributed by atoms with Gasteiger partial charge in [-0.25, -0.2) is 4.79 Å². The quantitative estimate of drug-likeness (QED) is 0.594. The van der Waals surface area contributed by atoms with Gasteiger partial charge in [0.2, 0.25) is 0 Å². The van der Waals surface area contributed by atoms with Crippen LogP contribution in [0.4, 0.5) is 11.5 Å². The van der Waals surface area contributed by atoms with Gasteiger partial charge in [0.25, 0.3) is 5.56 Å². The number of rotatable bonds is 5. The first-order valence-corrected chi connectivity index (χ1v) is 6.06. The molecule has 0 spiro atoms. The summed E-state index contributed by atoms with van der Waals surface area (Å²) in [5.74, 6) is 0.279. The van der Waals surface area contributed by atoms with Crippen LogP contribution in [0.1, 0.15) is 12.0 Å². The Morgan fingerprint density at radius 3 is 2.58 bits per heavy atom. The van der Waals surface area contributed by atoms with Gasteiger partial charge in [0.1, 0.15) is 11.5 Å². The average Bonchev–Trinajstić information content (AvgIpc) is 2.41. The Morgan fingerprint density at radius 1 is 1.11 bits per heavy atom. The molecule has 1 heterocycles. The largest absolute Gasteiger partial charge is 0.391 e. The van der Waals surface area contributed by atoms with Crippen molar-refractivity contribution in [1.82, 2.24) is 9.97 Å². The fourth-order valence-corrected chi connectivity index (χ4v) is 1.79. The summed E-state index contributed by atoms with van der Waals surface area (Å²) in [7, 11) is 0. The summed E-state index contributed by atoms with van der Waals surface area (Å²) in [5.41, 5.74) is 5.67. The Bertz CT molecular complexity index is 646. The lowest BCUT2D eigenvalue weighted by Gasteiger charge is -2.07. The zero-order chi connectivity index (χ0) is 13.7. The van der Waals surface area contributed by atoms with Crippen LogP contribution in [0.25, 0.3) is 0 Å². The molecule has 2 aromatic rings. The van der Waals surface area contributed by atoms with E-state index in [9.17, 15) is 9.59 Å². The minimum Gasteiger partial charge on any atom is -0.391 e.